The maximum Gasteiger partial charge on any atom is 0.224 e. The van der Waals surface area contributed by atoms with Gasteiger partial charge >= 0.3 is 0 Å². The van der Waals surface area contributed by atoms with Crippen LogP contribution in [0.5, 0.6) is 0 Å². The fourth-order valence-corrected chi connectivity index (χ4v) is 2.14. The van der Waals surface area contributed by atoms with Crippen molar-refractivity contribution in [3.8, 4) is 0 Å². The van der Waals surface area contributed by atoms with Gasteiger partial charge in [-0.1, -0.05) is 42.4 Å². The molecule has 0 aliphatic heterocycles. The summed E-state index contributed by atoms with van der Waals surface area (Å²) < 4.78 is 0. The van der Waals surface area contributed by atoms with Crippen molar-refractivity contribution in [2.45, 2.75) is 12.8 Å². The van der Waals surface area contributed by atoms with Crippen LogP contribution in [-0.2, 0) is 17.6 Å². The van der Waals surface area contributed by atoms with Crippen molar-refractivity contribution in [3.05, 3.63) is 47.0 Å². The number of nitrogens with one attached hydrogen (secondary N) is 1. The predicted octanol–water partition coefficient (Wildman–Crippen LogP) is 2.27. The molecule has 1 aliphatic carbocycles. The van der Waals surface area contributed by atoms with Gasteiger partial charge in [-0.3, -0.25) is 4.79 Å². The Labute approximate surface area is 100 Å². The van der Waals surface area contributed by atoms with Crippen molar-refractivity contribution >= 4 is 17.5 Å². The third-order valence-corrected chi connectivity index (χ3v) is 3.01. The number of hydrogen-bond donors (Lipinski definition) is 1. The molecule has 0 unspecified atom stereocenters. The molecule has 0 saturated heterocycles. The highest BCUT2D eigenvalue weighted by Gasteiger charge is 2.26. The van der Waals surface area contributed by atoms with E-state index in [1.807, 2.05) is 12.1 Å². The second-order valence-electron chi connectivity index (χ2n) is 4.11. The summed E-state index contributed by atoms with van der Waals surface area (Å²) in [6.45, 7) is 3.90. The molecule has 0 atom stereocenters. The van der Waals surface area contributed by atoms with Crippen LogP contribution in [0.2, 0.25) is 0 Å². The van der Waals surface area contributed by atoms with Gasteiger partial charge in [-0.05, 0) is 24.0 Å². The maximum absolute atomic E-state index is 11.8. The number of benzene rings is 1. The molecule has 16 heavy (non-hydrogen) atoms. The molecule has 1 amide bonds. The number of carbonyl (C=O) groups is 1. The smallest absolute Gasteiger partial charge is 0.224 e. The summed E-state index contributed by atoms with van der Waals surface area (Å²) in [5.41, 5.74) is 2.57. The minimum absolute atomic E-state index is 0.0495. The lowest BCUT2D eigenvalue weighted by atomic mass is 10.1. The van der Waals surface area contributed by atoms with Gasteiger partial charge in [0, 0.05) is 11.0 Å². The first-order valence-electron chi connectivity index (χ1n) is 5.34. The SMILES string of the molecule is C=C(Cl)CNC(=O)C1Cc2ccccc2C1. The molecule has 2 nitrogen and oxygen atoms in total. The van der Waals surface area contributed by atoms with E-state index in [-0.39, 0.29) is 11.8 Å². The summed E-state index contributed by atoms with van der Waals surface area (Å²) in [4.78, 5) is 11.8. The molecule has 0 bridgehead atoms. The third kappa shape index (κ3) is 2.45. The number of fused-ring (bicyclic) bond motifs is 1. The minimum Gasteiger partial charge on any atom is -0.351 e. The van der Waals surface area contributed by atoms with Crippen LogP contribution in [-0.4, -0.2) is 12.5 Å². The normalized spacial score (nSPS) is 14.6. The Hall–Kier alpha value is -1.28. The fraction of sp³-hybridized carbons (Fsp3) is 0.308. The average Bonchev–Trinajstić information content (AvgIpc) is 2.69. The quantitative estimate of drug-likeness (QED) is 0.856. The summed E-state index contributed by atoms with van der Waals surface area (Å²) in [5.74, 6) is 0.117. The molecule has 1 N–H and O–H groups in total. The first kappa shape index (κ1) is 11.2. The standard InChI is InChI=1S/C13H14ClNO/c1-9(14)8-15-13(16)12-6-10-4-2-3-5-11(10)7-12/h2-5,12H,1,6-8H2,(H,15,16). The van der Waals surface area contributed by atoms with Gasteiger partial charge in [-0.25, -0.2) is 0 Å². The molecule has 0 saturated carbocycles. The van der Waals surface area contributed by atoms with E-state index >= 15 is 0 Å². The first-order valence-corrected chi connectivity index (χ1v) is 5.72. The van der Waals surface area contributed by atoms with Crippen LogP contribution in [0.3, 0.4) is 0 Å². The van der Waals surface area contributed by atoms with Gasteiger partial charge in [-0.2, -0.15) is 0 Å². The number of amides is 1. The Kier molecular flexibility index (Phi) is 3.30. The highest BCUT2D eigenvalue weighted by molar-refractivity contribution is 6.29. The molecule has 0 heterocycles. The summed E-state index contributed by atoms with van der Waals surface area (Å²) in [5, 5.41) is 3.25. The van der Waals surface area contributed by atoms with Gasteiger partial charge in [0.05, 0.1) is 6.54 Å². The van der Waals surface area contributed by atoms with Crippen LogP contribution in [0.4, 0.5) is 0 Å². The molecule has 2 rings (SSSR count). The number of rotatable bonds is 3. The minimum atomic E-state index is 0.0495. The highest BCUT2D eigenvalue weighted by Crippen LogP contribution is 2.26. The zero-order valence-corrected chi connectivity index (χ0v) is 9.76. The van der Waals surface area contributed by atoms with Crippen LogP contribution in [0, 0.1) is 5.92 Å². The molecule has 0 spiro atoms. The summed E-state index contributed by atoms with van der Waals surface area (Å²) in [7, 11) is 0. The van der Waals surface area contributed by atoms with E-state index < -0.39 is 0 Å². The second-order valence-corrected chi connectivity index (χ2v) is 4.64. The van der Waals surface area contributed by atoms with Crippen LogP contribution in [0.25, 0.3) is 0 Å². The first-order chi connectivity index (χ1) is 7.66. The van der Waals surface area contributed by atoms with Crippen LogP contribution < -0.4 is 5.32 Å². The lowest BCUT2D eigenvalue weighted by Gasteiger charge is -2.09. The lowest BCUT2D eigenvalue weighted by molar-refractivity contribution is -0.124. The Bertz CT molecular complexity index is 403. The van der Waals surface area contributed by atoms with Gasteiger partial charge in [0.25, 0.3) is 0 Å². The van der Waals surface area contributed by atoms with Crippen molar-refractivity contribution in [2.75, 3.05) is 6.54 Å². The van der Waals surface area contributed by atoms with Gasteiger partial charge in [0.2, 0.25) is 5.91 Å². The fourth-order valence-electron chi connectivity index (χ4n) is 2.07. The maximum atomic E-state index is 11.8. The van der Waals surface area contributed by atoms with Crippen molar-refractivity contribution in [1.82, 2.24) is 5.32 Å². The van der Waals surface area contributed by atoms with E-state index in [9.17, 15) is 4.79 Å². The summed E-state index contributed by atoms with van der Waals surface area (Å²) >= 11 is 5.61. The topological polar surface area (TPSA) is 29.1 Å². The van der Waals surface area contributed by atoms with Crippen molar-refractivity contribution in [2.24, 2.45) is 5.92 Å². The van der Waals surface area contributed by atoms with Gasteiger partial charge in [0.15, 0.2) is 0 Å². The van der Waals surface area contributed by atoms with Gasteiger partial charge in [0.1, 0.15) is 0 Å². The number of hydrogen-bond acceptors (Lipinski definition) is 1. The summed E-state index contributed by atoms with van der Waals surface area (Å²) in [6, 6.07) is 8.20. The largest absolute Gasteiger partial charge is 0.351 e. The van der Waals surface area contributed by atoms with E-state index in [0.29, 0.717) is 11.6 Å². The van der Waals surface area contributed by atoms with Crippen molar-refractivity contribution in [3.63, 3.8) is 0 Å². The average molecular weight is 236 g/mol. The molecule has 0 radical (unpaired) electrons. The number of carbonyl (C=O) groups excluding carboxylic acids is 1. The highest BCUT2D eigenvalue weighted by atomic mass is 35.5. The van der Waals surface area contributed by atoms with E-state index in [2.05, 4.69) is 24.0 Å². The van der Waals surface area contributed by atoms with Crippen LogP contribution >= 0.6 is 11.6 Å². The molecule has 84 valence electrons. The van der Waals surface area contributed by atoms with Gasteiger partial charge in [-0.15, -0.1) is 0 Å². The van der Waals surface area contributed by atoms with Crippen molar-refractivity contribution < 1.29 is 4.79 Å². The number of halogens is 1. The van der Waals surface area contributed by atoms with E-state index in [1.165, 1.54) is 11.1 Å². The zero-order chi connectivity index (χ0) is 11.5. The Morgan fingerprint density at radius 3 is 2.44 bits per heavy atom. The monoisotopic (exact) mass is 235 g/mol. The van der Waals surface area contributed by atoms with E-state index in [4.69, 9.17) is 11.6 Å². The van der Waals surface area contributed by atoms with Crippen LogP contribution in [0.15, 0.2) is 35.9 Å². The Balaban J connectivity index is 1.96. The lowest BCUT2D eigenvalue weighted by Crippen LogP contribution is -2.31. The molecule has 3 heteroatoms. The molecule has 1 aromatic carbocycles. The van der Waals surface area contributed by atoms with E-state index in [0.717, 1.165) is 12.8 Å². The molecular formula is C13H14ClNO. The zero-order valence-electron chi connectivity index (χ0n) is 9.00. The molecule has 1 aliphatic rings. The molecular weight excluding hydrogens is 222 g/mol. The summed E-state index contributed by atoms with van der Waals surface area (Å²) in [6.07, 6.45) is 1.66. The van der Waals surface area contributed by atoms with Gasteiger partial charge < -0.3 is 5.32 Å². The van der Waals surface area contributed by atoms with E-state index in [1.54, 1.807) is 0 Å². The Morgan fingerprint density at radius 1 is 1.38 bits per heavy atom. The molecule has 0 aromatic heterocycles. The van der Waals surface area contributed by atoms with Crippen molar-refractivity contribution in [1.29, 1.82) is 0 Å². The van der Waals surface area contributed by atoms with Crippen LogP contribution in [0.1, 0.15) is 11.1 Å². The molecule has 0 fully saturated rings. The second kappa shape index (κ2) is 4.71. The predicted molar refractivity (Wildman–Crippen MR) is 65.3 cm³/mol. The Morgan fingerprint density at radius 2 is 1.94 bits per heavy atom. The molecule has 1 aromatic rings. The third-order valence-electron chi connectivity index (χ3n) is 2.88.